The lowest BCUT2D eigenvalue weighted by Gasteiger charge is -2.28. The minimum atomic E-state index is -0.301. The number of nitrogens with zero attached hydrogens (tertiary/aromatic N) is 4. The maximum absolute atomic E-state index is 13.1. The maximum Gasteiger partial charge on any atom is 0.270 e. The zero-order valence-corrected chi connectivity index (χ0v) is 20.5. The van der Waals surface area contributed by atoms with Crippen LogP contribution in [0.1, 0.15) is 50.8 Å². The van der Waals surface area contributed by atoms with Crippen LogP contribution in [0.3, 0.4) is 0 Å². The van der Waals surface area contributed by atoms with Crippen LogP contribution >= 0.6 is 24.0 Å². The second-order valence-electron chi connectivity index (χ2n) is 6.95. The number of thioether (sulfide) groups is 1. The number of aromatic nitrogens is 1. The average molecular weight is 463 g/mol. The van der Waals surface area contributed by atoms with E-state index in [9.17, 15) is 14.9 Å². The van der Waals surface area contributed by atoms with Gasteiger partial charge in [-0.1, -0.05) is 24.0 Å². The van der Waals surface area contributed by atoms with Crippen LogP contribution in [0.2, 0.25) is 0 Å². The normalized spacial score (nSPS) is 15.1. The molecule has 0 atom stereocenters. The van der Waals surface area contributed by atoms with Crippen LogP contribution in [-0.2, 0) is 16.1 Å². The summed E-state index contributed by atoms with van der Waals surface area (Å²) in [5.74, 6) is 0.583. The van der Waals surface area contributed by atoms with Crippen LogP contribution in [0.5, 0.6) is 0 Å². The van der Waals surface area contributed by atoms with Crippen molar-refractivity contribution in [3.05, 3.63) is 31.9 Å². The number of carbonyl (C=O) groups is 1. The summed E-state index contributed by atoms with van der Waals surface area (Å²) in [6.07, 6.45) is 2.49. The fourth-order valence-corrected chi connectivity index (χ4v) is 4.88. The van der Waals surface area contributed by atoms with Gasteiger partial charge in [0.1, 0.15) is 21.8 Å². The number of rotatable bonds is 10. The third-order valence-electron chi connectivity index (χ3n) is 5.25. The lowest BCUT2D eigenvalue weighted by Crippen LogP contribution is -2.34. The number of hydrogen-bond acceptors (Lipinski definition) is 7. The number of amides is 1. The van der Waals surface area contributed by atoms with Gasteiger partial charge in [0.05, 0.1) is 4.91 Å². The van der Waals surface area contributed by atoms with Crippen molar-refractivity contribution in [1.29, 1.82) is 5.26 Å². The zero-order valence-electron chi connectivity index (χ0n) is 18.9. The van der Waals surface area contributed by atoms with Gasteiger partial charge in [0, 0.05) is 45.0 Å². The molecule has 1 saturated heterocycles. The van der Waals surface area contributed by atoms with Gasteiger partial charge in [0.2, 0.25) is 0 Å². The highest BCUT2D eigenvalue weighted by Gasteiger charge is 2.32. The first-order chi connectivity index (χ1) is 14.9. The maximum atomic E-state index is 13.1. The monoisotopic (exact) mass is 462 g/mol. The van der Waals surface area contributed by atoms with E-state index in [1.807, 2.05) is 27.7 Å². The third-order valence-corrected chi connectivity index (χ3v) is 6.63. The Morgan fingerprint density at radius 1 is 1.23 bits per heavy atom. The van der Waals surface area contributed by atoms with Crippen LogP contribution in [0.4, 0.5) is 5.82 Å². The predicted octanol–water partition coefficient (Wildman–Crippen LogP) is 3.52. The van der Waals surface area contributed by atoms with Gasteiger partial charge in [-0.15, -0.1) is 0 Å². The van der Waals surface area contributed by atoms with Crippen molar-refractivity contribution in [2.45, 2.75) is 47.6 Å². The van der Waals surface area contributed by atoms with E-state index in [0.717, 1.165) is 11.4 Å². The molecule has 2 heterocycles. The highest BCUT2D eigenvalue weighted by molar-refractivity contribution is 8.26. The highest BCUT2D eigenvalue weighted by Crippen LogP contribution is 2.35. The van der Waals surface area contributed by atoms with Crippen molar-refractivity contribution in [3.63, 3.8) is 0 Å². The Morgan fingerprint density at radius 2 is 1.90 bits per heavy atom. The summed E-state index contributed by atoms with van der Waals surface area (Å²) < 4.78 is 7.49. The molecule has 0 N–H and O–H groups in total. The number of hydrogen-bond donors (Lipinski definition) is 0. The summed E-state index contributed by atoms with van der Waals surface area (Å²) >= 11 is 6.69. The molecule has 0 unspecified atom stereocenters. The van der Waals surface area contributed by atoms with Crippen molar-refractivity contribution in [1.82, 2.24) is 9.47 Å². The van der Waals surface area contributed by atoms with E-state index in [4.69, 9.17) is 17.0 Å². The summed E-state index contributed by atoms with van der Waals surface area (Å²) in [6, 6.07) is 2.05. The molecule has 1 aliphatic rings. The molecule has 0 saturated carbocycles. The Bertz CT molecular complexity index is 974. The fraction of sp³-hybridized carbons (Fsp3) is 0.545. The van der Waals surface area contributed by atoms with Crippen LogP contribution < -0.4 is 10.5 Å². The van der Waals surface area contributed by atoms with Gasteiger partial charge in [-0.3, -0.25) is 19.1 Å². The van der Waals surface area contributed by atoms with Crippen LogP contribution in [0.25, 0.3) is 6.08 Å². The number of thiocarbonyl (C=S) groups is 1. The Hall–Kier alpha value is -2.15. The number of carbonyl (C=O) groups excluding carboxylic acids is 1. The fourth-order valence-electron chi connectivity index (χ4n) is 3.59. The van der Waals surface area contributed by atoms with E-state index in [1.165, 1.54) is 11.8 Å². The smallest absolute Gasteiger partial charge is 0.270 e. The van der Waals surface area contributed by atoms with E-state index in [-0.39, 0.29) is 17.0 Å². The van der Waals surface area contributed by atoms with Crippen molar-refractivity contribution in [3.8, 4) is 6.07 Å². The number of pyridine rings is 1. The van der Waals surface area contributed by atoms with E-state index in [1.54, 1.807) is 22.5 Å². The minimum absolute atomic E-state index is 0.108. The van der Waals surface area contributed by atoms with Crippen molar-refractivity contribution < 1.29 is 9.53 Å². The summed E-state index contributed by atoms with van der Waals surface area (Å²) in [6.45, 7) is 13.1. The summed E-state index contributed by atoms with van der Waals surface area (Å²) in [4.78, 5) is 30.1. The standard InChI is InChI=1S/C22H30N4O3S2/c1-6-24(7-2)19-16(15(5)17(14-23)20(27)25(19)8-3)13-18-21(28)26(22(30)31-18)11-10-12-29-9-4/h13H,6-12H2,1-5H3/b18-13-. The number of ether oxygens (including phenoxy) is 1. The minimum Gasteiger partial charge on any atom is -0.382 e. The molecule has 1 amide bonds. The quantitative estimate of drug-likeness (QED) is 0.299. The van der Waals surface area contributed by atoms with E-state index in [2.05, 4.69) is 11.0 Å². The molecule has 1 aliphatic heterocycles. The van der Waals surface area contributed by atoms with Gasteiger partial charge < -0.3 is 9.64 Å². The highest BCUT2D eigenvalue weighted by atomic mass is 32.2. The molecule has 0 bridgehead atoms. The first-order valence-electron chi connectivity index (χ1n) is 10.6. The molecular formula is C22H30N4O3S2. The van der Waals surface area contributed by atoms with Gasteiger partial charge in [-0.25, -0.2) is 0 Å². The van der Waals surface area contributed by atoms with Gasteiger partial charge in [-0.2, -0.15) is 5.26 Å². The van der Waals surface area contributed by atoms with Crippen LogP contribution in [0.15, 0.2) is 9.70 Å². The van der Waals surface area contributed by atoms with E-state index in [0.29, 0.717) is 60.6 Å². The molecule has 168 valence electrons. The topological polar surface area (TPSA) is 78.6 Å². The predicted molar refractivity (Wildman–Crippen MR) is 130 cm³/mol. The Kier molecular flexibility index (Phi) is 9.29. The van der Waals surface area contributed by atoms with Crippen molar-refractivity contribution in [2.75, 3.05) is 37.7 Å². The molecule has 2 rings (SSSR count). The molecule has 31 heavy (non-hydrogen) atoms. The molecule has 1 aromatic heterocycles. The summed E-state index contributed by atoms with van der Waals surface area (Å²) in [7, 11) is 0. The van der Waals surface area contributed by atoms with E-state index >= 15 is 0 Å². The molecule has 0 spiro atoms. The molecule has 1 aromatic rings. The SMILES string of the molecule is CCOCCCN1C(=O)/C(=C/c2c(C)c(C#N)c(=O)n(CC)c2N(CC)CC)SC1=S. The largest absolute Gasteiger partial charge is 0.382 e. The molecule has 9 heteroatoms. The average Bonchev–Trinajstić information content (AvgIpc) is 3.02. The summed E-state index contributed by atoms with van der Waals surface area (Å²) in [5, 5.41) is 9.61. The Balaban J connectivity index is 2.58. The molecule has 7 nitrogen and oxygen atoms in total. The number of anilines is 1. The second-order valence-corrected chi connectivity index (χ2v) is 8.63. The lowest BCUT2D eigenvalue weighted by molar-refractivity contribution is -0.122. The van der Waals surface area contributed by atoms with Crippen LogP contribution in [0, 0.1) is 18.3 Å². The van der Waals surface area contributed by atoms with E-state index < -0.39 is 0 Å². The molecule has 0 radical (unpaired) electrons. The molecule has 0 aliphatic carbocycles. The molecule has 1 fully saturated rings. The summed E-state index contributed by atoms with van der Waals surface area (Å²) in [5.41, 5.74) is 1.11. The Morgan fingerprint density at radius 3 is 2.45 bits per heavy atom. The van der Waals surface area contributed by atoms with Gasteiger partial charge in [0.15, 0.2) is 0 Å². The van der Waals surface area contributed by atoms with Crippen LogP contribution in [-0.4, -0.2) is 52.5 Å². The lowest BCUT2D eigenvalue weighted by atomic mass is 10.0. The number of nitriles is 1. The zero-order chi connectivity index (χ0) is 23.1. The van der Waals surface area contributed by atoms with Crippen molar-refractivity contribution in [2.24, 2.45) is 0 Å². The second kappa shape index (κ2) is 11.5. The van der Waals surface area contributed by atoms with Gasteiger partial charge in [-0.05, 0) is 52.7 Å². The molecular weight excluding hydrogens is 432 g/mol. The van der Waals surface area contributed by atoms with Crippen molar-refractivity contribution >= 4 is 46.1 Å². The first kappa shape index (κ1) is 25.1. The van der Waals surface area contributed by atoms with Gasteiger partial charge in [0.25, 0.3) is 11.5 Å². The molecule has 0 aromatic carbocycles. The third kappa shape index (κ3) is 5.20. The van der Waals surface area contributed by atoms with Gasteiger partial charge >= 0.3 is 0 Å². The Labute approximate surface area is 193 Å². The first-order valence-corrected chi connectivity index (χ1v) is 11.8.